The van der Waals surface area contributed by atoms with Gasteiger partial charge in [-0.15, -0.1) is 0 Å². The van der Waals surface area contributed by atoms with Crippen LogP contribution >= 0.6 is 0 Å². The highest BCUT2D eigenvalue weighted by Crippen LogP contribution is 2.64. The third-order valence-corrected chi connectivity index (χ3v) is 8.14. The SMILES string of the molecule is CC1(C)CC(C)(C)CC2(C1)c1ccccc1-c1c2cc(O)c2cc(-c3ccc[nH]3)c(CO)cc12. The molecule has 6 rings (SSSR count). The van der Waals surface area contributed by atoms with Crippen LogP contribution in [0.15, 0.2) is 60.8 Å². The molecule has 1 saturated carbocycles. The number of benzene rings is 3. The molecule has 0 saturated heterocycles. The lowest BCUT2D eigenvalue weighted by Gasteiger charge is -2.51. The molecule has 0 bridgehead atoms. The number of nitrogens with one attached hydrogen (secondary N) is 1. The summed E-state index contributed by atoms with van der Waals surface area (Å²) in [4.78, 5) is 3.25. The van der Waals surface area contributed by atoms with Crippen LogP contribution in [0.3, 0.4) is 0 Å². The highest BCUT2D eigenvalue weighted by molar-refractivity contribution is 6.07. The van der Waals surface area contributed by atoms with Gasteiger partial charge in [-0.2, -0.15) is 0 Å². The summed E-state index contributed by atoms with van der Waals surface area (Å²) in [7, 11) is 0. The number of fused-ring (bicyclic) bond motifs is 7. The van der Waals surface area contributed by atoms with Crippen LogP contribution in [-0.2, 0) is 12.0 Å². The Hall–Kier alpha value is -3.04. The molecular weight excluding hydrogens is 418 g/mol. The second-order valence-corrected chi connectivity index (χ2v) is 12.1. The van der Waals surface area contributed by atoms with E-state index >= 15 is 0 Å². The van der Waals surface area contributed by atoms with Gasteiger partial charge in [0, 0.05) is 28.3 Å². The van der Waals surface area contributed by atoms with E-state index < -0.39 is 0 Å². The van der Waals surface area contributed by atoms with Crippen molar-refractivity contribution < 1.29 is 10.2 Å². The van der Waals surface area contributed by atoms with Crippen LogP contribution < -0.4 is 0 Å². The number of phenols is 1. The Morgan fingerprint density at radius 1 is 0.794 bits per heavy atom. The summed E-state index contributed by atoms with van der Waals surface area (Å²) in [6.45, 7) is 9.52. The number of aromatic amines is 1. The lowest BCUT2D eigenvalue weighted by molar-refractivity contribution is 0.0645. The molecule has 2 aliphatic carbocycles. The Labute approximate surface area is 201 Å². The fraction of sp³-hybridized carbons (Fsp3) is 0.355. The molecule has 3 aromatic carbocycles. The quantitative estimate of drug-likeness (QED) is 0.295. The molecule has 3 heteroatoms. The van der Waals surface area contributed by atoms with Gasteiger partial charge in [0.25, 0.3) is 0 Å². The zero-order valence-electron chi connectivity index (χ0n) is 20.5. The molecule has 1 heterocycles. The molecule has 0 aliphatic heterocycles. The Morgan fingerprint density at radius 2 is 1.53 bits per heavy atom. The van der Waals surface area contributed by atoms with Crippen molar-refractivity contribution in [3.63, 3.8) is 0 Å². The van der Waals surface area contributed by atoms with E-state index in [1.165, 1.54) is 28.7 Å². The average molecular weight is 452 g/mol. The van der Waals surface area contributed by atoms with Crippen molar-refractivity contribution >= 4 is 10.8 Å². The lowest BCUT2D eigenvalue weighted by Crippen LogP contribution is -2.43. The molecule has 1 fully saturated rings. The largest absolute Gasteiger partial charge is 0.507 e. The van der Waals surface area contributed by atoms with Crippen LogP contribution in [0.4, 0.5) is 0 Å². The summed E-state index contributed by atoms with van der Waals surface area (Å²) in [6, 6.07) is 19.0. The molecule has 1 aromatic heterocycles. The van der Waals surface area contributed by atoms with Crippen molar-refractivity contribution in [2.75, 3.05) is 0 Å². The average Bonchev–Trinajstić information content (AvgIpc) is 3.38. The molecule has 3 nitrogen and oxygen atoms in total. The van der Waals surface area contributed by atoms with E-state index in [0.29, 0.717) is 5.75 Å². The van der Waals surface area contributed by atoms with Gasteiger partial charge in [0.05, 0.1) is 6.61 Å². The normalized spacial score (nSPS) is 19.3. The highest BCUT2D eigenvalue weighted by atomic mass is 16.3. The van der Waals surface area contributed by atoms with E-state index in [4.69, 9.17) is 0 Å². The molecule has 0 amide bonds. The van der Waals surface area contributed by atoms with Gasteiger partial charge in [0.1, 0.15) is 5.75 Å². The number of H-pyrrole nitrogens is 1. The van der Waals surface area contributed by atoms with Gasteiger partial charge in [-0.25, -0.2) is 0 Å². The Kier molecular flexibility index (Phi) is 4.42. The number of rotatable bonds is 2. The molecule has 34 heavy (non-hydrogen) atoms. The van der Waals surface area contributed by atoms with Crippen LogP contribution in [0.2, 0.25) is 0 Å². The molecular formula is C31H33NO2. The number of aromatic hydroxyl groups is 1. The number of hydrogen-bond acceptors (Lipinski definition) is 2. The van der Waals surface area contributed by atoms with Crippen molar-refractivity contribution in [1.82, 2.24) is 4.98 Å². The van der Waals surface area contributed by atoms with Crippen molar-refractivity contribution in [2.24, 2.45) is 10.8 Å². The molecule has 4 aromatic rings. The van der Waals surface area contributed by atoms with Crippen molar-refractivity contribution in [3.8, 4) is 28.1 Å². The van der Waals surface area contributed by atoms with Gasteiger partial charge in [-0.1, -0.05) is 52.0 Å². The number of phenolic OH excluding ortho intramolecular Hbond substituents is 1. The Bertz CT molecular complexity index is 1410. The molecule has 0 unspecified atom stereocenters. The smallest absolute Gasteiger partial charge is 0.123 e. The second kappa shape index (κ2) is 6.99. The fourth-order valence-electron chi connectivity index (χ4n) is 7.80. The van der Waals surface area contributed by atoms with Gasteiger partial charge >= 0.3 is 0 Å². The van der Waals surface area contributed by atoms with Gasteiger partial charge in [0.2, 0.25) is 0 Å². The number of aliphatic hydroxyl groups excluding tert-OH is 1. The second-order valence-electron chi connectivity index (χ2n) is 12.1. The van der Waals surface area contributed by atoms with Crippen LogP contribution in [0.5, 0.6) is 5.75 Å². The minimum atomic E-state index is -0.125. The summed E-state index contributed by atoms with van der Waals surface area (Å²) < 4.78 is 0. The zero-order chi connectivity index (χ0) is 23.9. The van der Waals surface area contributed by atoms with E-state index in [0.717, 1.165) is 40.4 Å². The summed E-state index contributed by atoms with van der Waals surface area (Å²) in [6.07, 6.45) is 5.19. The zero-order valence-corrected chi connectivity index (χ0v) is 20.5. The van der Waals surface area contributed by atoms with E-state index in [1.54, 1.807) is 0 Å². The maximum atomic E-state index is 11.4. The van der Waals surface area contributed by atoms with Gasteiger partial charge in [-0.3, -0.25) is 0 Å². The first-order chi connectivity index (χ1) is 16.1. The van der Waals surface area contributed by atoms with Crippen molar-refractivity contribution in [3.05, 3.63) is 77.5 Å². The summed E-state index contributed by atoms with van der Waals surface area (Å²) in [5.41, 5.74) is 8.12. The molecule has 2 aliphatic rings. The third kappa shape index (κ3) is 2.99. The minimum absolute atomic E-state index is 0.0540. The maximum absolute atomic E-state index is 11.4. The van der Waals surface area contributed by atoms with E-state index in [2.05, 4.69) is 63.0 Å². The fourth-order valence-corrected chi connectivity index (χ4v) is 7.80. The topological polar surface area (TPSA) is 56.2 Å². The molecule has 3 N–H and O–H groups in total. The van der Waals surface area contributed by atoms with Gasteiger partial charge in [-0.05, 0) is 93.6 Å². The Morgan fingerprint density at radius 3 is 2.21 bits per heavy atom. The highest BCUT2D eigenvalue weighted by Gasteiger charge is 2.53. The first-order valence-electron chi connectivity index (χ1n) is 12.3. The number of aliphatic hydroxyl groups is 1. The third-order valence-electron chi connectivity index (χ3n) is 8.14. The van der Waals surface area contributed by atoms with Gasteiger partial charge < -0.3 is 15.2 Å². The predicted octanol–water partition coefficient (Wildman–Crippen LogP) is 7.54. The minimum Gasteiger partial charge on any atom is -0.507 e. The van der Waals surface area contributed by atoms with Crippen LogP contribution in [0.25, 0.3) is 33.2 Å². The van der Waals surface area contributed by atoms with E-state index in [1.807, 2.05) is 30.5 Å². The summed E-state index contributed by atoms with van der Waals surface area (Å²) in [5.74, 6) is 0.319. The first kappa shape index (κ1) is 21.5. The van der Waals surface area contributed by atoms with Crippen LogP contribution in [-0.4, -0.2) is 15.2 Å². The number of hydrogen-bond donors (Lipinski definition) is 3. The molecule has 174 valence electrons. The Balaban J connectivity index is 1.70. The van der Waals surface area contributed by atoms with E-state index in [-0.39, 0.29) is 22.9 Å². The van der Waals surface area contributed by atoms with Gasteiger partial charge in [0.15, 0.2) is 0 Å². The summed E-state index contributed by atoms with van der Waals surface area (Å²) in [5, 5.41) is 23.6. The van der Waals surface area contributed by atoms with Crippen molar-refractivity contribution in [1.29, 1.82) is 0 Å². The standard InChI is InChI=1S/C31H33NO2/c1-29(2)16-30(3,4)18-31(17-29)24-9-6-5-8-20(24)28-23-12-19(15-33)21(26-10-7-11-32-26)13-22(23)27(34)14-25(28)31/h5-14,32-34H,15-18H2,1-4H3. The molecule has 0 atom stereocenters. The number of aromatic nitrogens is 1. The lowest BCUT2D eigenvalue weighted by atomic mass is 9.52. The molecule has 1 spiro atoms. The summed E-state index contributed by atoms with van der Waals surface area (Å²) >= 11 is 0. The molecule has 0 radical (unpaired) electrons. The predicted molar refractivity (Wildman–Crippen MR) is 139 cm³/mol. The van der Waals surface area contributed by atoms with Crippen LogP contribution in [0, 0.1) is 10.8 Å². The maximum Gasteiger partial charge on any atom is 0.123 e. The van der Waals surface area contributed by atoms with Crippen LogP contribution in [0.1, 0.15) is 63.6 Å². The first-order valence-corrected chi connectivity index (χ1v) is 12.3. The van der Waals surface area contributed by atoms with E-state index in [9.17, 15) is 10.2 Å². The van der Waals surface area contributed by atoms with Crippen molar-refractivity contribution in [2.45, 2.75) is 59.0 Å². The monoisotopic (exact) mass is 451 g/mol.